The molecule has 7 nitrogen and oxygen atoms in total. The molecule has 3 rings (SSSR count). The smallest absolute Gasteiger partial charge is 0.265 e. The van der Waals surface area contributed by atoms with Gasteiger partial charge in [0.1, 0.15) is 14.8 Å². The summed E-state index contributed by atoms with van der Waals surface area (Å²) in [5, 5.41) is 0.658. The molecule has 3 heterocycles. The number of hydrogen-bond donors (Lipinski definition) is 1. The first-order chi connectivity index (χ1) is 13.4. The van der Waals surface area contributed by atoms with Crippen LogP contribution in [-0.2, 0) is 17.1 Å². The number of aromatic nitrogens is 2. The summed E-state index contributed by atoms with van der Waals surface area (Å²) in [4.78, 5) is 20.3. The number of aryl methyl sites for hydroxylation is 1. The highest BCUT2D eigenvalue weighted by Gasteiger charge is 2.29. The molecule has 9 heteroatoms. The minimum Gasteiger partial charge on any atom is -0.345 e. The number of hydrogen-bond acceptors (Lipinski definition) is 5. The molecule has 0 saturated carbocycles. The summed E-state index contributed by atoms with van der Waals surface area (Å²) in [6, 6.07) is 1.65. The maximum absolute atomic E-state index is 12.9. The van der Waals surface area contributed by atoms with E-state index < -0.39 is 15.6 Å². The van der Waals surface area contributed by atoms with E-state index >= 15 is 0 Å². The van der Waals surface area contributed by atoms with Gasteiger partial charge in [0.25, 0.3) is 5.91 Å². The van der Waals surface area contributed by atoms with E-state index in [1.165, 1.54) is 17.8 Å². The van der Waals surface area contributed by atoms with Crippen LogP contribution in [0.15, 0.2) is 11.0 Å². The van der Waals surface area contributed by atoms with Crippen molar-refractivity contribution in [1.82, 2.24) is 19.2 Å². The number of nitrogens with zero attached hydrogens (tertiary/aromatic N) is 3. The Balaban J connectivity index is 1.97. The molecule has 1 aliphatic rings. The van der Waals surface area contributed by atoms with E-state index in [2.05, 4.69) is 9.71 Å². The zero-order chi connectivity index (χ0) is 21.6. The number of carbonyl (C=O) groups excluding carboxylic acids is 1. The topological polar surface area (TPSA) is 84.3 Å². The monoisotopic (exact) mass is 438 g/mol. The van der Waals surface area contributed by atoms with Crippen molar-refractivity contribution in [2.24, 2.45) is 7.05 Å². The molecule has 1 aliphatic heterocycles. The maximum atomic E-state index is 12.9. The van der Waals surface area contributed by atoms with Gasteiger partial charge >= 0.3 is 0 Å². The molecule has 0 bridgehead atoms. The minimum absolute atomic E-state index is 0.0270. The van der Waals surface area contributed by atoms with Crippen LogP contribution in [0.3, 0.4) is 0 Å². The largest absolute Gasteiger partial charge is 0.345 e. The van der Waals surface area contributed by atoms with Gasteiger partial charge in [-0.1, -0.05) is 0 Å². The molecule has 29 heavy (non-hydrogen) atoms. The fourth-order valence-electron chi connectivity index (χ4n) is 3.55. The quantitative estimate of drug-likeness (QED) is 0.792. The van der Waals surface area contributed by atoms with Crippen molar-refractivity contribution >= 4 is 27.3 Å². The van der Waals surface area contributed by atoms with Gasteiger partial charge in [-0.05, 0) is 59.9 Å². The van der Waals surface area contributed by atoms with Gasteiger partial charge in [0.15, 0.2) is 0 Å². The molecule has 0 aromatic carbocycles. The Hall–Kier alpha value is -1.71. The highest BCUT2D eigenvalue weighted by atomic mass is 32.2. The summed E-state index contributed by atoms with van der Waals surface area (Å²) in [6.45, 7) is 10.6. The molecular formula is C20H30N4O3S2. The van der Waals surface area contributed by atoms with Crippen LogP contribution in [0, 0.1) is 13.8 Å². The van der Waals surface area contributed by atoms with Crippen LogP contribution in [0.5, 0.6) is 0 Å². The van der Waals surface area contributed by atoms with Gasteiger partial charge < -0.3 is 9.47 Å². The summed E-state index contributed by atoms with van der Waals surface area (Å²) >= 11 is 1.34. The molecule has 1 amide bonds. The second kappa shape index (κ2) is 7.85. The second-order valence-corrected chi connectivity index (χ2v) is 11.3. The first-order valence-corrected chi connectivity index (χ1v) is 12.2. The molecule has 1 saturated heterocycles. The predicted octanol–water partition coefficient (Wildman–Crippen LogP) is 3.47. The van der Waals surface area contributed by atoms with Crippen molar-refractivity contribution in [3.8, 4) is 10.7 Å². The molecule has 2 aromatic rings. The fraction of sp³-hybridized carbons (Fsp3) is 0.600. The zero-order valence-electron chi connectivity index (χ0n) is 18.0. The molecule has 1 N–H and O–H groups in total. The summed E-state index contributed by atoms with van der Waals surface area (Å²) in [7, 11) is -1.84. The zero-order valence-corrected chi connectivity index (χ0v) is 19.6. The molecule has 160 valence electrons. The van der Waals surface area contributed by atoms with E-state index in [1.54, 1.807) is 13.0 Å². The van der Waals surface area contributed by atoms with Crippen molar-refractivity contribution in [2.45, 2.75) is 64.3 Å². The normalized spacial score (nSPS) is 15.7. The van der Waals surface area contributed by atoms with Gasteiger partial charge in [0.2, 0.25) is 10.0 Å². The van der Waals surface area contributed by atoms with E-state index in [0.29, 0.717) is 27.0 Å². The van der Waals surface area contributed by atoms with Crippen LogP contribution in [0.4, 0.5) is 0 Å². The molecule has 0 spiro atoms. The summed E-state index contributed by atoms with van der Waals surface area (Å²) in [6.07, 6.45) is 3.24. The lowest BCUT2D eigenvalue weighted by Crippen LogP contribution is -2.40. The van der Waals surface area contributed by atoms with E-state index in [-0.39, 0.29) is 10.8 Å². The summed E-state index contributed by atoms with van der Waals surface area (Å²) in [5.74, 6) is 0.0270. The molecule has 2 aromatic heterocycles. The number of carbonyl (C=O) groups is 1. The van der Waals surface area contributed by atoms with Crippen LogP contribution in [0.2, 0.25) is 0 Å². The van der Waals surface area contributed by atoms with Gasteiger partial charge in [-0.25, -0.2) is 18.1 Å². The Morgan fingerprint density at radius 1 is 1.17 bits per heavy atom. The molecular weight excluding hydrogens is 408 g/mol. The van der Waals surface area contributed by atoms with Crippen molar-refractivity contribution in [3.05, 3.63) is 22.3 Å². The summed E-state index contributed by atoms with van der Waals surface area (Å²) in [5.41, 5.74) is 1.44. The van der Waals surface area contributed by atoms with Crippen molar-refractivity contribution in [3.63, 3.8) is 0 Å². The Bertz CT molecular complexity index is 1020. The van der Waals surface area contributed by atoms with E-state index in [9.17, 15) is 13.2 Å². The van der Waals surface area contributed by atoms with Gasteiger partial charge in [0, 0.05) is 31.4 Å². The average Bonchev–Trinajstić information content (AvgIpc) is 3.14. The lowest BCUT2D eigenvalue weighted by molar-refractivity contribution is 0.0728. The Morgan fingerprint density at radius 2 is 1.79 bits per heavy atom. The minimum atomic E-state index is -3.66. The number of rotatable bonds is 4. The van der Waals surface area contributed by atoms with Crippen molar-refractivity contribution < 1.29 is 13.2 Å². The first-order valence-electron chi connectivity index (χ1n) is 9.88. The highest BCUT2D eigenvalue weighted by Crippen LogP contribution is 2.33. The lowest BCUT2D eigenvalue weighted by Gasteiger charge is -2.26. The van der Waals surface area contributed by atoms with Crippen LogP contribution in [-0.4, -0.2) is 47.4 Å². The average molecular weight is 439 g/mol. The maximum Gasteiger partial charge on any atom is 0.265 e. The van der Waals surface area contributed by atoms with Crippen LogP contribution >= 0.6 is 11.3 Å². The fourth-order valence-corrected chi connectivity index (χ4v) is 6.35. The predicted molar refractivity (Wildman–Crippen MR) is 116 cm³/mol. The van der Waals surface area contributed by atoms with Crippen molar-refractivity contribution in [2.75, 3.05) is 13.1 Å². The van der Waals surface area contributed by atoms with Gasteiger partial charge in [-0.15, -0.1) is 11.3 Å². The Morgan fingerprint density at radius 3 is 2.38 bits per heavy atom. The van der Waals surface area contributed by atoms with E-state index in [1.807, 2.05) is 44.2 Å². The van der Waals surface area contributed by atoms with E-state index in [4.69, 9.17) is 0 Å². The molecule has 0 unspecified atom stereocenters. The SMILES string of the molecule is Cc1nc(-c2cc(S(=O)(=O)NC(C)(C)C)c(C)n2C)sc1C(=O)N1CCCCC1. The lowest BCUT2D eigenvalue weighted by atomic mass is 10.1. The molecule has 0 atom stereocenters. The Labute approximate surface area is 177 Å². The number of amides is 1. The molecule has 0 radical (unpaired) electrons. The number of piperidine rings is 1. The van der Waals surface area contributed by atoms with E-state index in [0.717, 1.165) is 25.9 Å². The van der Waals surface area contributed by atoms with Crippen LogP contribution in [0.1, 0.15) is 61.1 Å². The highest BCUT2D eigenvalue weighted by molar-refractivity contribution is 7.89. The Kier molecular flexibility index (Phi) is 5.95. The molecule has 0 aliphatic carbocycles. The van der Waals surface area contributed by atoms with Crippen LogP contribution in [0.25, 0.3) is 10.7 Å². The standard InChI is InChI=1S/C20H30N4O3S2/c1-13-17(19(25)24-10-8-7-9-11-24)28-18(21-13)15-12-16(14(2)23(15)6)29(26,27)22-20(3,4)5/h12,22H,7-11H2,1-6H3. The number of sulfonamides is 1. The number of nitrogens with one attached hydrogen (secondary N) is 1. The van der Waals surface area contributed by atoms with Gasteiger partial charge in [0.05, 0.1) is 11.4 Å². The van der Waals surface area contributed by atoms with Crippen molar-refractivity contribution in [1.29, 1.82) is 0 Å². The summed E-state index contributed by atoms with van der Waals surface area (Å²) < 4.78 is 30.2. The van der Waals surface area contributed by atoms with Gasteiger partial charge in [-0.3, -0.25) is 4.79 Å². The van der Waals surface area contributed by atoms with Crippen LogP contribution < -0.4 is 4.72 Å². The number of likely N-dealkylation sites (tertiary alicyclic amines) is 1. The third-order valence-corrected chi connectivity index (χ3v) is 8.11. The van der Waals surface area contributed by atoms with Gasteiger partial charge in [-0.2, -0.15) is 0 Å². The number of thiazole rings is 1. The first kappa shape index (κ1) is 22.0. The third-order valence-electron chi connectivity index (χ3n) is 5.07. The second-order valence-electron chi connectivity index (χ2n) is 8.68. The third kappa shape index (κ3) is 4.57. The molecule has 1 fully saturated rings.